The molecule has 7 nitrogen and oxygen atoms in total. The Morgan fingerprint density at radius 1 is 1.08 bits per heavy atom. The van der Waals surface area contributed by atoms with Gasteiger partial charge in [0.05, 0.1) is 17.6 Å². The average Bonchev–Trinajstić information content (AvgIpc) is 2.96. The van der Waals surface area contributed by atoms with Crippen molar-refractivity contribution >= 4 is 17.5 Å². The van der Waals surface area contributed by atoms with Crippen LogP contribution in [0, 0.1) is 25.5 Å². The van der Waals surface area contributed by atoms with E-state index in [9.17, 15) is 8.78 Å². The highest BCUT2D eigenvalue weighted by atomic mass is 19.1. The molecule has 1 aromatic carbocycles. The lowest BCUT2D eigenvalue weighted by Crippen LogP contribution is -2.07. The molecule has 0 spiro atoms. The molecule has 0 amide bonds. The molecule has 124 valence electrons. The van der Waals surface area contributed by atoms with Gasteiger partial charge in [-0.05, 0) is 26.0 Å². The third kappa shape index (κ3) is 3.00. The minimum atomic E-state index is -0.809. The fraction of sp³-hybridized carbons (Fsp3) is 0.200. The maximum absolute atomic E-state index is 14.7. The van der Waals surface area contributed by atoms with Gasteiger partial charge in [0.1, 0.15) is 11.5 Å². The number of rotatable bonds is 4. The highest BCUT2D eigenvalue weighted by molar-refractivity contribution is 5.60. The first-order chi connectivity index (χ1) is 11.5. The van der Waals surface area contributed by atoms with E-state index in [-0.39, 0.29) is 17.3 Å². The molecule has 2 N–H and O–H groups in total. The molecule has 0 saturated carbocycles. The zero-order valence-electron chi connectivity index (χ0n) is 13.3. The number of anilines is 3. The van der Waals surface area contributed by atoms with Crippen LogP contribution in [-0.2, 0) is 0 Å². The molecule has 2 heterocycles. The van der Waals surface area contributed by atoms with Crippen LogP contribution in [0.1, 0.15) is 11.4 Å². The molecule has 9 heteroatoms. The zero-order valence-corrected chi connectivity index (χ0v) is 13.3. The zero-order chi connectivity index (χ0) is 17.3. The van der Waals surface area contributed by atoms with Crippen molar-refractivity contribution in [3.63, 3.8) is 0 Å². The second kappa shape index (κ2) is 6.19. The summed E-state index contributed by atoms with van der Waals surface area (Å²) < 4.78 is 29.8. The summed E-state index contributed by atoms with van der Waals surface area (Å²) in [4.78, 5) is 8.38. The minimum absolute atomic E-state index is 0.0345. The molecule has 0 bridgehead atoms. The van der Waals surface area contributed by atoms with Crippen LogP contribution in [-0.4, -0.2) is 32.0 Å². The molecular formula is C15H15F2N7. The van der Waals surface area contributed by atoms with E-state index < -0.39 is 11.6 Å². The molecule has 0 aliphatic heterocycles. The lowest BCUT2D eigenvalue weighted by atomic mass is 10.2. The van der Waals surface area contributed by atoms with Gasteiger partial charge in [-0.2, -0.15) is 4.98 Å². The number of nitrogens with zero attached hydrogens (tertiary/aromatic N) is 5. The molecule has 2 aromatic heterocycles. The molecule has 0 fully saturated rings. The lowest BCUT2D eigenvalue weighted by molar-refractivity contribution is 0.558. The summed E-state index contributed by atoms with van der Waals surface area (Å²) in [6, 6.07) is 4.17. The monoisotopic (exact) mass is 331 g/mol. The molecule has 24 heavy (non-hydrogen) atoms. The van der Waals surface area contributed by atoms with E-state index in [0.717, 1.165) is 10.7 Å². The molecular weight excluding hydrogens is 316 g/mol. The van der Waals surface area contributed by atoms with Crippen LogP contribution in [0.3, 0.4) is 0 Å². The van der Waals surface area contributed by atoms with Crippen LogP contribution in [0.15, 0.2) is 24.4 Å². The van der Waals surface area contributed by atoms with E-state index in [1.54, 1.807) is 27.0 Å². The molecule has 0 aliphatic carbocycles. The molecule has 0 atom stereocenters. The first-order valence-corrected chi connectivity index (χ1v) is 7.15. The Morgan fingerprint density at radius 3 is 2.54 bits per heavy atom. The fourth-order valence-electron chi connectivity index (χ4n) is 2.18. The summed E-state index contributed by atoms with van der Waals surface area (Å²) in [6.07, 6.45) is 1.44. The topological polar surface area (TPSA) is 80.5 Å². The first kappa shape index (κ1) is 15.8. The van der Waals surface area contributed by atoms with Crippen LogP contribution in [0.4, 0.5) is 26.2 Å². The summed E-state index contributed by atoms with van der Waals surface area (Å²) >= 11 is 0. The Morgan fingerprint density at radius 2 is 1.88 bits per heavy atom. The number of aromatic nitrogens is 5. The standard InChI is InChI=1S/C15H15F2N7/c1-8-6-12(18-3)21-15(19-8)20-11-5-4-10(16)14(13(11)17)24-7-9(2)22-23-24/h4-7H,1-3H3,(H2,18,19,20,21). The molecule has 0 saturated heterocycles. The molecule has 3 aromatic rings. The second-order valence-electron chi connectivity index (χ2n) is 5.16. The Kier molecular flexibility index (Phi) is 4.07. The van der Waals surface area contributed by atoms with Gasteiger partial charge in [0.25, 0.3) is 0 Å². The van der Waals surface area contributed by atoms with Gasteiger partial charge in [0.2, 0.25) is 5.95 Å². The Hall–Kier alpha value is -3.10. The number of hydrogen-bond acceptors (Lipinski definition) is 6. The van der Waals surface area contributed by atoms with Gasteiger partial charge in [-0.3, -0.25) is 0 Å². The Bertz CT molecular complexity index is 892. The molecule has 0 aliphatic rings. The van der Waals surface area contributed by atoms with Crippen molar-refractivity contribution in [1.82, 2.24) is 25.0 Å². The van der Waals surface area contributed by atoms with Crippen LogP contribution in [0.5, 0.6) is 0 Å². The van der Waals surface area contributed by atoms with E-state index in [4.69, 9.17) is 0 Å². The third-order valence-electron chi connectivity index (χ3n) is 3.26. The van der Waals surface area contributed by atoms with Crippen molar-refractivity contribution in [1.29, 1.82) is 0 Å². The first-order valence-electron chi connectivity index (χ1n) is 7.15. The normalized spacial score (nSPS) is 10.7. The van der Waals surface area contributed by atoms with Gasteiger partial charge in [-0.15, -0.1) is 5.10 Å². The summed E-state index contributed by atoms with van der Waals surface area (Å²) in [5.74, 6) is -0.773. The summed E-state index contributed by atoms with van der Waals surface area (Å²) in [7, 11) is 1.72. The number of benzene rings is 1. The van der Waals surface area contributed by atoms with Crippen molar-refractivity contribution in [3.8, 4) is 5.69 Å². The van der Waals surface area contributed by atoms with E-state index in [1.807, 2.05) is 0 Å². The second-order valence-corrected chi connectivity index (χ2v) is 5.16. The van der Waals surface area contributed by atoms with Crippen molar-refractivity contribution in [2.45, 2.75) is 13.8 Å². The van der Waals surface area contributed by atoms with Crippen LogP contribution in [0.2, 0.25) is 0 Å². The predicted molar refractivity (Wildman–Crippen MR) is 85.6 cm³/mol. The number of aryl methyl sites for hydroxylation is 2. The molecule has 3 rings (SSSR count). The highest BCUT2D eigenvalue weighted by Crippen LogP contribution is 2.26. The van der Waals surface area contributed by atoms with Gasteiger partial charge in [0.15, 0.2) is 11.6 Å². The van der Waals surface area contributed by atoms with E-state index in [0.29, 0.717) is 17.2 Å². The van der Waals surface area contributed by atoms with Crippen LogP contribution < -0.4 is 10.6 Å². The lowest BCUT2D eigenvalue weighted by Gasteiger charge is -2.11. The number of hydrogen-bond donors (Lipinski definition) is 2. The Balaban J connectivity index is 2.02. The van der Waals surface area contributed by atoms with E-state index in [1.165, 1.54) is 12.3 Å². The quantitative estimate of drug-likeness (QED) is 0.765. The van der Waals surface area contributed by atoms with Gasteiger partial charge in [-0.25, -0.2) is 18.4 Å². The van der Waals surface area contributed by atoms with Crippen molar-refractivity contribution in [2.75, 3.05) is 17.7 Å². The maximum atomic E-state index is 14.7. The summed E-state index contributed by atoms with van der Waals surface area (Å²) in [5, 5.41) is 13.1. The highest BCUT2D eigenvalue weighted by Gasteiger charge is 2.17. The smallest absolute Gasteiger partial charge is 0.229 e. The van der Waals surface area contributed by atoms with Crippen molar-refractivity contribution in [3.05, 3.63) is 47.4 Å². The van der Waals surface area contributed by atoms with Crippen LogP contribution in [0.25, 0.3) is 5.69 Å². The number of nitrogens with one attached hydrogen (secondary N) is 2. The van der Waals surface area contributed by atoms with Crippen LogP contribution >= 0.6 is 0 Å². The predicted octanol–water partition coefficient (Wildman–Crippen LogP) is 2.74. The minimum Gasteiger partial charge on any atom is -0.373 e. The average molecular weight is 331 g/mol. The maximum Gasteiger partial charge on any atom is 0.229 e. The largest absolute Gasteiger partial charge is 0.373 e. The van der Waals surface area contributed by atoms with E-state index in [2.05, 4.69) is 30.9 Å². The Labute approximate surface area is 136 Å². The van der Waals surface area contributed by atoms with Gasteiger partial charge in [0, 0.05) is 18.8 Å². The third-order valence-corrected chi connectivity index (χ3v) is 3.26. The molecule has 0 radical (unpaired) electrons. The van der Waals surface area contributed by atoms with E-state index >= 15 is 0 Å². The van der Waals surface area contributed by atoms with Gasteiger partial charge < -0.3 is 10.6 Å². The van der Waals surface area contributed by atoms with Gasteiger partial charge in [-0.1, -0.05) is 5.21 Å². The SMILES string of the molecule is CNc1cc(C)nc(Nc2ccc(F)c(-n3cc(C)nn3)c2F)n1. The van der Waals surface area contributed by atoms with Crippen molar-refractivity contribution < 1.29 is 8.78 Å². The van der Waals surface area contributed by atoms with Crippen molar-refractivity contribution in [2.24, 2.45) is 0 Å². The summed E-state index contributed by atoms with van der Waals surface area (Å²) in [5.41, 5.74) is 0.966. The van der Waals surface area contributed by atoms with Gasteiger partial charge >= 0.3 is 0 Å². The summed E-state index contributed by atoms with van der Waals surface area (Å²) in [6.45, 7) is 3.47. The fourth-order valence-corrected chi connectivity index (χ4v) is 2.18. The number of halogens is 2. The molecule has 0 unspecified atom stereocenters.